The van der Waals surface area contributed by atoms with Crippen LogP contribution in [0.1, 0.15) is 25.3 Å². The second kappa shape index (κ2) is 9.72. The van der Waals surface area contributed by atoms with Crippen LogP contribution in [0.4, 0.5) is 5.69 Å². The van der Waals surface area contributed by atoms with Crippen LogP contribution < -0.4 is 10.6 Å². The third-order valence-electron chi connectivity index (χ3n) is 5.02. The van der Waals surface area contributed by atoms with Crippen LogP contribution in [0.2, 0.25) is 0 Å². The van der Waals surface area contributed by atoms with E-state index in [-0.39, 0.29) is 23.9 Å². The minimum absolute atomic E-state index is 0.138. The van der Waals surface area contributed by atoms with Crippen LogP contribution in [0.5, 0.6) is 0 Å². The molecule has 1 atom stereocenters. The molecule has 0 saturated carbocycles. The Morgan fingerprint density at radius 1 is 1.13 bits per heavy atom. The number of aryl methyl sites for hydroxylation is 1. The van der Waals surface area contributed by atoms with E-state index in [0.717, 1.165) is 16.5 Å². The number of carbonyl (C=O) groups excluding carboxylic acids is 2. The van der Waals surface area contributed by atoms with Crippen molar-refractivity contribution < 1.29 is 18.0 Å². The largest absolute Gasteiger partial charge is 0.346 e. The lowest BCUT2D eigenvalue weighted by Gasteiger charge is -2.23. The number of hydrogen-bond donors (Lipinski definition) is 2. The first-order chi connectivity index (χ1) is 14.3. The number of anilines is 1. The van der Waals surface area contributed by atoms with Crippen molar-refractivity contribution in [1.82, 2.24) is 9.62 Å². The van der Waals surface area contributed by atoms with Crippen molar-refractivity contribution in [3.8, 4) is 0 Å². The number of para-hydroxylation sites is 1. The molecule has 1 saturated heterocycles. The Balaban J connectivity index is 1.63. The van der Waals surface area contributed by atoms with Crippen LogP contribution in [0.15, 0.2) is 57.9 Å². The first-order valence-corrected chi connectivity index (χ1v) is 12.0. The molecule has 0 aromatic heterocycles. The normalized spacial score (nSPS) is 16.9. The monoisotopic (exact) mass is 493 g/mol. The molecule has 160 valence electrons. The van der Waals surface area contributed by atoms with Crippen molar-refractivity contribution in [2.75, 3.05) is 18.4 Å². The van der Waals surface area contributed by atoms with E-state index in [1.54, 1.807) is 12.1 Å². The summed E-state index contributed by atoms with van der Waals surface area (Å²) in [5, 5.41) is 5.37. The van der Waals surface area contributed by atoms with E-state index in [0.29, 0.717) is 18.5 Å². The zero-order chi connectivity index (χ0) is 21.7. The highest BCUT2D eigenvalue weighted by Gasteiger charge is 2.39. The number of benzene rings is 2. The molecule has 30 heavy (non-hydrogen) atoms. The third kappa shape index (κ3) is 5.08. The van der Waals surface area contributed by atoms with Gasteiger partial charge in [0, 0.05) is 16.7 Å². The summed E-state index contributed by atoms with van der Waals surface area (Å²) < 4.78 is 27.9. The first kappa shape index (κ1) is 22.5. The summed E-state index contributed by atoms with van der Waals surface area (Å²) in [6, 6.07) is 13.0. The molecule has 3 rings (SSSR count). The Morgan fingerprint density at radius 2 is 1.83 bits per heavy atom. The number of rotatable bonds is 7. The number of nitrogens with one attached hydrogen (secondary N) is 2. The summed E-state index contributed by atoms with van der Waals surface area (Å²) in [5.41, 5.74) is 1.71. The van der Waals surface area contributed by atoms with E-state index in [2.05, 4.69) is 26.6 Å². The van der Waals surface area contributed by atoms with Crippen LogP contribution in [0.3, 0.4) is 0 Å². The molecule has 1 aliphatic heterocycles. The lowest BCUT2D eigenvalue weighted by molar-refractivity contribution is -0.126. The predicted octanol–water partition coefficient (Wildman–Crippen LogP) is 2.92. The standard InChI is InChI=1S/C21H24BrN3O4S/c1-2-15-6-3-4-7-18(15)24-20(26)14-23-21(27)19-8-5-13-25(19)30(28,29)17-11-9-16(22)10-12-17/h3-4,6-7,9-12,19H,2,5,8,13-14H2,1H3,(H,23,27)(H,24,26). The lowest BCUT2D eigenvalue weighted by atomic mass is 10.1. The van der Waals surface area contributed by atoms with Gasteiger partial charge in [-0.1, -0.05) is 41.1 Å². The summed E-state index contributed by atoms with van der Waals surface area (Å²) in [5.74, 6) is -0.823. The van der Waals surface area contributed by atoms with Gasteiger partial charge in [-0.3, -0.25) is 9.59 Å². The minimum Gasteiger partial charge on any atom is -0.346 e. The molecule has 0 bridgehead atoms. The SMILES string of the molecule is CCc1ccccc1NC(=O)CNC(=O)C1CCCN1S(=O)(=O)c1ccc(Br)cc1. The highest BCUT2D eigenvalue weighted by atomic mass is 79.9. The van der Waals surface area contributed by atoms with Crippen molar-refractivity contribution in [2.24, 2.45) is 0 Å². The molecule has 0 aliphatic carbocycles. The van der Waals surface area contributed by atoms with E-state index in [4.69, 9.17) is 0 Å². The molecular formula is C21H24BrN3O4S. The van der Waals surface area contributed by atoms with Gasteiger partial charge in [-0.05, 0) is 55.2 Å². The van der Waals surface area contributed by atoms with Gasteiger partial charge in [0.05, 0.1) is 11.4 Å². The predicted molar refractivity (Wildman–Crippen MR) is 119 cm³/mol. The fourth-order valence-corrected chi connectivity index (χ4v) is 5.38. The summed E-state index contributed by atoms with van der Waals surface area (Å²) in [6.07, 6.45) is 1.78. The molecule has 2 aromatic carbocycles. The molecular weight excluding hydrogens is 470 g/mol. The molecule has 2 N–H and O–H groups in total. The fraction of sp³-hybridized carbons (Fsp3) is 0.333. The molecule has 0 radical (unpaired) electrons. The van der Waals surface area contributed by atoms with Crippen LogP contribution in [-0.4, -0.2) is 43.7 Å². The van der Waals surface area contributed by atoms with Crippen LogP contribution in [0, 0.1) is 0 Å². The van der Waals surface area contributed by atoms with Gasteiger partial charge in [-0.15, -0.1) is 0 Å². The molecule has 1 aliphatic rings. The molecule has 2 amide bonds. The van der Waals surface area contributed by atoms with Crippen LogP contribution >= 0.6 is 15.9 Å². The van der Waals surface area contributed by atoms with E-state index >= 15 is 0 Å². The Morgan fingerprint density at radius 3 is 2.53 bits per heavy atom. The number of hydrogen-bond acceptors (Lipinski definition) is 4. The Hall–Kier alpha value is -2.23. The highest BCUT2D eigenvalue weighted by molar-refractivity contribution is 9.10. The van der Waals surface area contributed by atoms with Crippen molar-refractivity contribution in [2.45, 2.75) is 37.1 Å². The number of sulfonamides is 1. The second-order valence-corrected chi connectivity index (χ2v) is 9.81. The van der Waals surface area contributed by atoms with Gasteiger partial charge in [-0.25, -0.2) is 8.42 Å². The maximum absolute atomic E-state index is 13.0. The quantitative estimate of drug-likeness (QED) is 0.619. The molecule has 9 heteroatoms. The third-order valence-corrected chi connectivity index (χ3v) is 7.47. The van der Waals surface area contributed by atoms with Gasteiger partial charge >= 0.3 is 0 Å². The van der Waals surface area contributed by atoms with Gasteiger partial charge in [0.1, 0.15) is 6.04 Å². The van der Waals surface area contributed by atoms with E-state index in [1.807, 2.05) is 31.2 Å². The fourth-order valence-electron chi connectivity index (χ4n) is 3.46. The molecule has 2 aromatic rings. The van der Waals surface area contributed by atoms with Crippen molar-refractivity contribution in [3.63, 3.8) is 0 Å². The number of halogens is 1. The average molecular weight is 494 g/mol. The van der Waals surface area contributed by atoms with Gasteiger partial charge in [0.15, 0.2) is 0 Å². The highest BCUT2D eigenvalue weighted by Crippen LogP contribution is 2.27. The Kier molecular flexibility index (Phi) is 7.27. The lowest BCUT2D eigenvalue weighted by Crippen LogP contribution is -2.47. The van der Waals surface area contributed by atoms with Crippen molar-refractivity contribution in [1.29, 1.82) is 0 Å². The van der Waals surface area contributed by atoms with E-state index in [1.165, 1.54) is 16.4 Å². The molecule has 1 heterocycles. The van der Waals surface area contributed by atoms with Gasteiger partial charge < -0.3 is 10.6 Å². The average Bonchev–Trinajstić information content (AvgIpc) is 3.24. The second-order valence-electron chi connectivity index (χ2n) is 7.00. The number of carbonyl (C=O) groups is 2. The van der Waals surface area contributed by atoms with Gasteiger partial charge in [0.25, 0.3) is 0 Å². The molecule has 7 nitrogen and oxygen atoms in total. The van der Waals surface area contributed by atoms with Gasteiger partial charge in [-0.2, -0.15) is 4.31 Å². The van der Waals surface area contributed by atoms with E-state index < -0.39 is 22.0 Å². The zero-order valence-electron chi connectivity index (χ0n) is 16.6. The first-order valence-electron chi connectivity index (χ1n) is 9.76. The van der Waals surface area contributed by atoms with E-state index in [9.17, 15) is 18.0 Å². The van der Waals surface area contributed by atoms with Crippen LogP contribution in [0.25, 0.3) is 0 Å². The number of nitrogens with zero attached hydrogens (tertiary/aromatic N) is 1. The summed E-state index contributed by atoms with van der Waals surface area (Å²) >= 11 is 3.29. The smallest absolute Gasteiger partial charge is 0.243 e. The molecule has 1 unspecified atom stereocenters. The maximum Gasteiger partial charge on any atom is 0.243 e. The summed E-state index contributed by atoms with van der Waals surface area (Å²) in [4.78, 5) is 25.1. The molecule has 1 fully saturated rings. The maximum atomic E-state index is 13.0. The minimum atomic E-state index is -3.79. The zero-order valence-corrected chi connectivity index (χ0v) is 19.0. The molecule has 0 spiro atoms. The van der Waals surface area contributed by atoms with Crippen molar-refractivity contribution in [3.05, 3.63) is 58.6 Å². The number of amides is 2. The summed E-state index contributed by atoms with van der Waals surface area (Å²) in [7, 11) is -3.79. The Bertz CT molecular complexity index is 1020. The summed E-state index contributed by atoms with van der Waals surface area (Å²) in [6.45, 7) is 2.04. The van der Waals surface area contributed by atoms with Gasteiger partial charge in [0.2, 0.25) is 21.8 Å². The Labute approximate surface area is 185 Å². The van der Waals surface area contributed by atoms with Crippen molar-refractivity contribution >= 4 is 43.5 Å². The topological polar surface area (TPSA) is 95.6 Å². The van der Waals surface area contributed by atoms with Crippen LogP contribution in [-0.2, 0) is 26.0 Å².